The van der Waals surface area contributed by atoms with Crippen LogP contribution in [-0.2, 0) is 16.0 Å². The molecule has 0 spiro atoms. The molecule has 0 aliphatic carbocycles. The fraction of sp³-hybridized carbons (Fsp3) is 0.500. The van der Waals surface area contributed by atoms with Crippen molar-refractivity contribution >= 4 is 11.9 Å². The molecule has 6 nitrogen and oxygen atoms in total. The third-order valence-electron chi connectivity index (χ3n) is 3.76. The number of rotatable bonds is 6. The Morgan fingerprint density at radius 1 is 1.45 bits per heavy atom. The molecule has 1 amide bonds. The number of hydrogen-bond acceptors (Lipinski definition) is 4. The van der Waals surface area contributed by atoms with Crippen LogP contribution in [0.5, 0.6) is 5.75 Å². The molecule has 1 atom stereocenters. The molecule has 0 bridgehead atoms. The summed E-state index contributed by atoms with van der Waals surface area (Å²) >= 11 is 0. The summed E-state index contributed by atoms with van der Waals surface area (Å²) < 4.78 is 10.5. The SMILES string of the molecule is COc1cc(C(=O)O)ccc1CCNC(=O)[C@H]1CCCOC1. The van der Waals surface area contributed by atoms with E-state index in [1.807, 2.05) is 0 Å². The summed E-state index contributed by atoms with van der Waals surface area (Å²) in [5.74, 6) is -0.517. The maximum Gasteiger partial charge on any atom is 0.335 e. The number of aromatic carboxylic acids is 1. The van der Waals surface area contributed by atoms with Gasteiger partial charge in [0.15, 0.2) is 0 Å². The number of methoxy groups -OCH3 is 1. The first-order chi connectivity index (χ1) is 10.6. The molecule has 1 fully saturated rings. The van der Waals surface area contributed by atoms with Crippen LogP contribution in [0.3, 0.4) is 0 Å². The molecule has 2 rings (SSSR count). The first kappa shape index (κ1) is 16.3. The van der Waals surface area contributed by atoms with E-state index in [2.05, 4.69) is 5.32 Å². The minimum Gasteiger partial charge on any atom is -0.496 e. The van der Waals surface area contributed by atoms with E-state index in [1.54, 1.807) is 6.07 Å². The molecule has 0 radical (unpaired) electrons. The number of amides is 1. The number of benzene rings is 1. The Kier molecular flexibility index (Phi) is 5.77. The first-order valence-corrected chi connectivity index (χ1v) is 7.37. The van der Waals surface area contributed by atoms with Crippen molar-refractivity contribution < 1.29 is 24.2 Å². The molecular weight excluding hydrogens is 286 g/mol. The van der Waals surface area contributed by atoms with Gasteiger partial charge in [-0.1, -0.05) is 6.07 Å². The van der Waals surface area contributed by atoms with Gasteiger partial charge in [-0.05, 0) is 37.0 Å². The topological polar surface area (TPSA) is 84.9 Å². The molecule has 0 unspecified atom stereocenters. The van der Waals surface area contributed by atoms with Gasteiger partial charge in [-0.3, -0.25) is 4.79 Å². The lowest BCUT2D eigenvalue weighted by Crippen LogP contribution is -2.36. The molecule has 1 aromatic carbocycles. The van der Waals surface area contributed by atoms with Crippen LogP contribution in [0.2, 0.25) is 0 Å². The molecule has 22 heavy (non-hydrogen) atoms. The van der Waals surface area contributed by atoms with Crippen LogP contribution < -0.4 is 10.1 Å². The highest BCUT2D eigenvalue weighted by atomic mass is 16.5. The Labute approximate surface area is 129 Å². The van der Waals surface area contributed by atoms with E-state index < -0.39 is 5.97 Å². The summed E-state index contributed by atoms with van der Waals surface area (Å²) in [5.41, 5.74) is 1.05. The number of carboxylic acid groups (broad SMARTS) is 1. The minimum atomic E-state index is -0.990. The number of carbonyl (C=O) groups is 2. The second-order valence-corrected chi connectivity index (χ2v) is 5.29. The van der Waals surface area contributed by atoms with Crippen molar-refractivity contribution in [2.24, 2.45) is 5.92 Å². The predicted molar refractivity (Wildman–Crippen MR) is 80.2 cm³/mol. The van der Waals surface area contributed by atoms with E-state index >= 15 is 0 Å². The lowest BCUT2D eigenvalue weighted by atomic mass is 10.0. The molecule has 1 heterocycles. The lowest BCUT2D eigenvalue weighted by molar-refractivity contribution is -0.128. The molecule has 2 N–H and O–H groups in total. The smallest absolute Gasteiger partial charge is 0.335 e. The van der Waals surface area contributed by atoms with Gasteiger partial charge in [0.1, 0.15) is 5.75 Å². The lowest BCUT2D eigenvalue weighted by Gasteiger charge is -2.21. The summed E-state index contributed by atoms with van der Waals surface area (Å²) in [6.07, 6.45) is 2.37. The van der Waals surface area contributed by atoms with Crippen LogP contribution in [0.1, 0.15) is 28.8 Å². The van der Waals surface area contributed by atoms with Crippen molar-refractivity contribution in [2.75, 3.05) is 26.9 Å². The largest absolute Gasteiger partial charge is 0.496 e. The molecule has 1 aliphatic rings. The Morgan fingerprint density at radius 2 is 2.27 bits per heavy atom. The maximum absolute atomic E-state index is 12.0. The third kappa shape index (κ3) is 4.21. The van der Waals surface area contributed by atoms with Gasteiger partial charge in [-0.15, -0.1) is 0 Å². The van der Waals surface area contributed by atoms with Crippen molar-refractivity contribution in [3.05, 3.63) is 29.3 Å². The molecule has 0 aromatic heterocycles. The highest BCUT2D eigenvalue weighted by Crippen LogP contribution is 2.21. The zero-order valence-electron chi connectivity index (χ0n) is 12.6. The van der Waals surface area contributed by atoms with Gasteiger partial charge in [-0.2, -0.15) is 0 Å². The molecule has 120 valence electrons. The third-order valence-corrected chi connectivity index (χ3v) is 3.76. The normalized spacial score (nSPS) is 17.8. The van der Waals surface area contributed by atoms with E-state index in [9.17, 15) is 9.59 Å². The predicted octanol–water partition coefficient (Wildman–Crippen LogP) is 1.48. The minimum absolute atomic E-state index is 0.0147. The van der Waals surface area contributed by atoms with Gasteiger partial charge in [0.2, 0.25) is 5.91 Å². The van der Waals surface area contributed by atoms with Crippen molar-refractivity contribution in [1.82, 2.24) is 5.32 Å². The van der Waals surface area contributed by atoms with E-state index in [1.165, 1.54) is 19.2 Å². The highest BCUT2D eigenvalue weighted by molar-refractivity contribution is 5.88. The van der Waals surface area contributed by atoms with Crippen molar-refractivity contribution in [2.45, 2.75) is 19.3 Å². The standard InChI is InChI=1S/C16H21NO5/c1-21-14-9-12(16(19)20)5-4-11(14)6-7-17-15(18)13-3-2-8-22-10-13/h4-5,9,13H,2-3,6-8,10H2,1H3,(H,17,18)(H,19,20)/t13-/m0/s1. The maximum atomic E-state index is 12.0. The van der Waals surface area contributed by atoms with Gasteiger partial charge >= 0.3 is 5.97 Å². The van der Waals surface area contributed by atoms with E-state index in [-0.39, 0.29) is 17.4 Å². The summed E-state index contributed by atoms with van der Waals surface area (Å²) in [4.78, 5) is 22.9. The van der Waals surface area contributed by atoms with Crippen LogP contribution in [0.4, 0.5) is 0 Å². The Hall–Kier alpha value is -2.08. The number of hydrogen-bond donors (Lipinski definition) is 2. The Balaban J connectivity index is 1.88. The average molecular weight is 307 g/mol. The van der Waals surface area contributed by atoms with Crippen molar-refractivity contribution in [3.63, 3.8) is 0 Å². The summed E-state index contributed by atoms with van der Waals surface area (Å²) in [6.45, 7) is 1.71. The van der Waals surface area contributed by atoms with Gasteiger partial charge in [-0.25, -0.2) is 4.79 Å². The molecule has 1 aromatic rings. The van der Waals surface area contributed by atoms with Crippen LogP contribution >= 0.6 is 0 Å². The highest BCUT2D eigenvalue weighted by Gasteiger charge is 2.21. The molecule has 6 heteroatoms. The van der Waals surface area contributed by atoms with Gasteiger partial charge in [0.05, 0.1) is 25.2 Å². The second kappa shape index (κ2) is 7.79. The van der Waals surface area contributed by atoms with E-state index in [0.717, 1.165) is 25.0 Å². The van der Waals surface area contributed by atoms with Crippen molar-refractivity contribution in [3.8, 4) is 5.75 Å². The monoisotopic (exact) mass is 307 g/mol. The Morgan fingerprint density at radius 3 is 2.91 bits per heavy atom. The number of carboxylic acids is 1. The Bertz CT molecular complexity index is 537. The van der Waals surface area contributed by atoms with Crippen LogP contribution in [0.25, 0.3) is 0 Å². The number of ether oxygens (including phenoxy) is 2. The average Bonchev–Trinajstić information content (AvgIpc) is 2.55. The zero-order valence-corrected chi connectivity index (χ0v) is 12.6. The second-order valence-electron chi connectivity index (χ2n) is 5.29. The molecule has 1 saturated heterocycles. The van der Waals surface area contributed by atoms with E-state index in [0.29, 0.717) is 25.3 Å². The fourth-order valence-corrected chi connectivity index (χ4v) is 2.50. The number of nitrogens with one attached hydrogen (secondary N) is 1. The summed E-state index contributed by atoms with van der Waals surface area (Å²) in [5, 5.41) is 11.9. The summed E-state index contributed by atoms with van der Waals surface area (Å²) in [6, 6.07) is 4.75. The van der Waals surface area contributed by atoms with Gasteiger partial charge in [0, 0.05) is 13.2 Å². The van der Waals surface area contributed by atoms with E-state index in [4.69, 9.17) is 14.6 Å². The van der Waals surface area contributed by atoms with Gasteiger partial charge in [0.25, 0.3) is 0 Å². The summed E-state index contributed by atoms with van der Waals surface area (Å²) in [7, 11) is 1.50. The zero-order chi connectivity index (χ0) is 15.9. The first-order valence-electron chi connectivity index (χ1n) is 7.37. The van der Waals surface area contributed by atoms with Crippen LogP contribution in [0.15, 0.2) is 18.2 Å². The fourth-order valence-electron chi connectivity index (χ4n) is 2.50. The quantitative estimate of drug-likeness (QED) is 0.831. The molecular formula is C16H21NO5. The molecule has 0 saturated carbocycles. The van der Waals surface area contributed by atoms with Crippen LogP contribution in [-0.4, -0.2) is 43.9 Å². The van der Waals surface area contributed by atoms with Gasteiger partial charge < -0.3 is 19.9 Å². The molecule has 1 aliphatic heterocycles. The van der Waals surface area contributed by atoms with Crippen LogP contribution in [0, 0.1) is 5.92 Å². The van der Waals surface area contributed by atoms with Crippen molar-refractivity contribution in [1.29, 1.82) is 0 Å². The number of carbonyl (C=O) groups excluding carboxylic acids is 1.